The van der Waals surface area contributed by atoms with Crippen molar-refractivity contribution in [3.8, 4) is 0 Å². The summed E-state index contributed by atoms with van der Waals surface area (Å²) in [5, 5.41) is 0. The van der Waals surface area contributed by atoms with Gasteiger partial charge in [0.1, 0.15) is 17.5 Å². The lowest BCUT2D eigenvalue weighted by Gasteiger charge is -2.39. The van der Waals surface area contributed by atoms with Gasteiger partial charge in [0.05, 0.1) is 11.6 Å². The summed E-state index contributed by atoms with van der Waals surface area (Å²) >= 11 is 0. The third kappa shape index (κ3) is 4.50. The summed E-state index contributed by atoms with van der Waals surface area (Å²) in [4.78, 5) is 16.1. The lowest BCUT2D eigenvalue weighted by Crippen LogP contribution is -2.50. The van der Waals surface area contributed by atoms with Crippen LogP contribution >= 0.6 is 0 Å². The molecule has 0 radical (unpaired) electrons. The Kier molecular flexibility index (Phi) is 6.23. The Hall–Kier alpha value is -3.26. The molecule has 0 atom stereocenters. The Morgan fingerprint density at radius 3 is 1.62 bits per heavy atom. The standard InChI is InChI=1S/C24H19F5N2O/c25-17-5-1-15(2-6-17)23(16-3-7-18(26)8-4-16)30-9-11-31(12-10-30)24(32)19-13-21(28)22(29)14-20(19)27/h1-8,13-14,23H,9-12H2. The molecule has 1 fully saturated rings. The fourth-order valence-electron chi connectivity index (χ4n) is 3.94. The highest BCUT2D eigenvalue weighted by molar-refractivity contribution is 5.94. The van der Waals surface area contributed by atoms with Crippen LogP contribution in [-0.2, 0) is 0 Å². The summed E-state index contributed by atoms with van der Waals surface area (Å²) in [6, 6.07) is 12.6. The predicted molar refractivity (Wildman–Crippen MR) is 108 cm³/mol. The molecule has 1 saturated heterocycles. The van der Waals surface area contributed by atoms with Gasteiger partial charge >= 0.3 is 0 Å². The van der Waals surface area contributed by atoms with E-state index >= 15 is 0 Å². The highest BCUT2D eigenvalue weighted by Gasteiger charge is 2.30. The molecule has 3 aromatic carbocycles. The minimum absolute atomic E-state index is 0.218. The molecule has 0 spiro atoms. The van der Waals surface area contributed by atoms with Gasteiger partial charge in [-0.2, -0.15) is 0 Å². The molecule has 4 rings (SSSR count). The molecule has 8 heteroatoms. The zero-order valence-corrected chi connectivity index (χ0v) is 16.9. The minimum Gasteiger partial charge on any atom is -0.336 e. The van der Waals surface area contributed by atoms with Crippen LogP contribution in [0.2, 0.25) is 0 Å². The van der Waals surface area contributed by atoms with Crippen molar-refractivity contribution in [1.29, 1.82) is 0 Å². The lowest BCUT2D eigenvalue weighted by molar-refractivity contribution is 0.0592. The molecule has 0 N–H and O–H groups in total. The van der Waals surface area contributed by atoms with E-state index in [2.05, 4.69) is 0 Å². The number of carbonyl (C=O) groups is 1. The molecular weight excluding hydrogens is 427 g/mol. The first-order valence-electron chi connectivity index (χ1n) is 10.0. The van der Waals surface area contributed by atoms with Gasteiger partial charge in [-0.25, -0.2) is 22.0 Å². The van der Waals surface area contributed by atoms with Gasteiger partial charge in [0.25, 0.3) is 5.91 Å². The molecule has 166 valence electrons. The first-order valence-corrected chi connectivity index (χ1v) is 10.0. The first-order chi connectivity index (χ1) is 15.3. The zero-order chi connectivity index (χ0) is 22.8. The number of hydrogen-bond donors (Lipinski definition) is 0. The second kappa shape index (κ2) is 9.08. The van der Waals surface area contributed by atoms with Crippen LogP contribution in [0.4, 0.5) is 22.0 Å². The van der Waals surface area contributed by atoms with Crippen molar-refractivity contribution < 1.29 is 26.7 Å². The number of carbonyl (C=O) groups excluding carboxylic acids is 1. The smallest absolute Gasteiger partial charge is 0.257 e. The van der Waals surface area contributed by atoms with Gasteiger partial charge in [-0.15, -0.1) is 0 Å². The third-order valence-corrected chi connectivity index (χ3v) is 5.58. The molecule has 0 aromatic heterocycles. The van der Waals surface area contributed by atoms with E-state index < -0.39 is 28.9 Å². The molecular formula is C24H19F5N2O. The number of amides is 1. The van der Waals surface area contributed by atoms with Crippen LogP contribution in [0.1, 0.15) is 27.5 Å². The van der Waals surface area contributed by atoms with E-state index in [4.69, 9.17) is 0 Å². The quantitative estimate of drug-likeness (QED) is 0.419. The molecule has 3 aromatic rings. The first kappa shape index (κ1) is 22.0. The van der Waals surface area contributed by atoms with Crippen molar-refractivity contribution in [3.63, 3.8) is 0 Å². The van der Waals surface area contributed by atoms with E-state index in [1.165, 1.54) is 29.2 Å². The monoisotopic (exact) mass is 446 g/mol. The van der Waals surface area contributed by atoms with Crippen LogP contribution in [0.15, 0.2) is 60.7 Å². The molecule has 0 bridgehead atoms. The number of piperazine rings is 1. The maximum atomic E-state index is 14.0. The van der Waals surface area contributed by atoms with Crippen molar-refractivity contribution >= 4 is 5.91 Å². The van der Waals surface area contributed by atoms with Gasteiger partial charge < -0.3 is 4.90 Å². The van der Waals surface area contributed by atoms with Gasteiger partial charge in [0.15, 0.2) is 11.6 Å². The van der Waals surface area contributed by atoms with Crippen LogP contribution in [0.5, 0.6) is 0 Å². The molecule has 32 heavy (non-hydrogen) atoms. The Morgan fingerprint density at radius 2 is 1.12 bits per heavy atom. The normalized spacial score (nSPS) is 14.8. The highest BCUT2D eigenvalue weighted by Crippen LogP contribution is 2.30. The number of halogens is 5. The second-order valence-corrected chi connectivity index (χ2v) is 7.58. The summed E-state index contributed by atoms with van der Waals surface area (Å²) in [5.74, 6) is -5.24. The average Bonchev–Trinajstić information content (AvgIpc) is 2.79. The predicted octanol–water partition coefficient (Wildman–Crippen LogP) is 4.93. The molecule has 1 amide bonds. The zero-order valence-electron chi connectivity index (χ0n) is 16.9. The highest BCUT2D eigenvalue weighted by atomic mass is 19.2. The van der Waals surface area contributed by atoms with E-state index in [0.29, 0.717) is 25.2 Å². The summed E-state index contributed by atoms with van der Waals surface area (Å²) in [6.45, 7) is 1.21. The molecule has 1 aliphatic rings. The maximum Gasteiger partial charge on any atom is 0.257 e. The molecule has 0 saturated carbocycles. The van der Waals surface area contributed by atoms with Gasteiger partial charge in [0, 0.05) is 32.2 Å². The van der Waals surface area contributed by atoms with E-state index in [1.807, 2.05) is 4.90 Å². The fraction of sp³-hybridized carbons (Fsp3) is 0.208. The molecule has 0 aliphatic carbocycles. The van der Waals surface area contributed by atoms with E-state index in [1.54, 1.807) is 24.3 Å². The van der Waals surface area contributed by atoms with E-state index in [-0.39, 0.29) is 30.8 Å². The van der Waals surface area contributed by atoms with Gasteiger partial charge in [-0.1, -0.05) is 24.3 Å². The average molecular weight is 446 g/mol. The van der Waals surface area contributed by atoms with Crippen LogP contribution in [0, 0.1) is 29.1 Å². The van der Waals surface area contributed by atoms with Gasteiger partial charge in [-0.05, 0) is 41.5 Å². The fourth-order valence-corrected chi connectivity index (χ4v) is 3.94. The van der Waals surface area contributed by atoms with Crippen molar-refractivity contribution in [2.75, 3.05) is 26.2 Å². The summed E-state index contributed by atoms with van der Waals surface area (Å²) in [6.07, 6.45) is 0. The van der Waals surface area contributed by atoms with Crippen LogP contribution < -0.4 is 0 Å². The summed E-state index contributed by atoms with van der Waals surface area (Å²) < 4.78 is 67.6. The topological polar surface area (TPSA) is 23.6 Å². The second-order valence-electron chi connectivity index (χ2n) is 7.58. The van der Waals surface area contributed by atoms with Crippen LogP contribution in [-0.4, -0.2) is 41.9 Å². The van der Waals surface area contributed by atoms with Crippen molar-refractivity contribution in [3.05, 3.63) is 106 Å². The van der Waals surface area contributed by atoms with Crippen molar-refractivity contribution in [2.24, 2.45) is 0 Å². The Morgan fingerprint density at radius 1 is 0.656 bits per heavy atom. The maximum absolute atomic E-state index is 14.0. The van der Waals surface area contributed by atoms with E-state index in [9.17, 15) is 26.7 Å². The molecule has 0 unspecified atom stereocenters. The third-order valence-electron chi connectivity index (χ3n) is 5.58. The Bertz CT molecular complexity index is 1060. The number of nitrogens with zero attached hydrogens (tertiary/aromatic N) is 2. The van der Waals surface area contributed by atoms with Crippen molar-refractivity contribution in [2.45, 2.75) is 6.04 Å². The van der Waals surface area contributed by atoms with E-state index in [0.717, 1.165) is 11.1 Å². The Balaban J connectivity index is 1.55. The van der Waals surface area contributed by atoms with Gasteiger partial charge in [-0.3, -0.25) is 9.69 Å². The van der Waals surface area contributed by atoms with Crippen LogP contribution in [0.25, 0.3) is 0 Å². The summed E-state index contributed by atoms with van der Waals surface area (Å²) in [5.41, 5.74) is 1.07. The molecule has 1 heterocycles. The number of rotatable bonds is 4. The number of hydrogen-bond acceptors (Lipinski definition) is 2. The Labute approximate surface area is 181 Å². The molecule has 1 aliphatic heterocycles. The number of benzene rings is 3. The minimum atomic E-state index is -1.36. The van der Waals surface area contributed by atoms with Crippen molar-refractivity contribution in [1.82, 2.24) is 9.80 Å². The summed E-state index contributed by atoms with van der Waals surface area (Å²) in [7, 11) is 0. The SMILES string of the molecule is O=C(c1cc(F)c(F)cc1F)N1CCN(C(c2ccc(F)cc2)c2ccc(F)cc2)CC1. The van der Waals surface area contributed by atoms with Gasteiger partial charge in [0.2, 0.25) is 0 Å². The largest absolute Gasteiger partial charge is 0.336 e. The van der Waals surface area contributed by atoms with Crippen LogP contribution in [0.3, 0.4) is 0 Å². The lowest BCUT2D eigenvalue weighted by atomic mass is 9.96. The molecule has 3 nitrogen and oxygen atoms in total.